The molecule has 3 nitrogen and oxygen atoms in total. The molecule has 5 heteroatoms. The van der Waals surface area contributed by atoms with Crippen LogP contribution in [0.1, 0.15) is 38.8 Å². The number of hydrogen-bond acceptors (Lipinski definition) is 2. The number of rotatable bonds is 5. The van der Waals surface area contributed by atoms with E-state index in [2.05, 4.69) is 5.32 Å². The fraction of sp³-hybridized carbons (Fsp3) is 0.500. The van der Waals surface area contributed by atoms with Crippen LogP contribution < -0.4 is 11.1 Å². The molecule has 0 aliphatic carbocycles. The first-order valence-corrected chi connectivity index (χ1v) is 6.37. The third kappa shape index (κ3) is 3.99. The van der Waals surface area contributed by atoms with Crippen LogP contribution in [0.3, 0.4) is 0 Å². The predicted molar refractivity (Wildman–Crippen MR) is 70.3 cm³/mol. The van der Waals surface area contributed by atoms with Gasteiger partial charge in [-0.2, -0.15) is 0 Å². The van der Waals surface area contributed by atoms with E-state index in [1.54, 1.807) is 6.92 Å². The second-order valence-electron chi connectivity index (χ2n) is 4.81. The normalized spacial score (nSPS) is 15.7. The second kappa shape index (κ2) is 6.61. The van der Waals surface area contributed by atoms with E-state index < -0.39 is 23.7 Å². The van der Waals surface area contributed by atoms with Crippen LogP contribution in [0.25, 0.3) is 0 Å². The molecule has 0 saturated carbocycles. The lowest BCUT2D eigenvalue weighted by Gasteiger charge is -2.21. The van der Waals surface area contributed by atoms with Gasteiger partial charge in [0.15, 0.2) is 0 Å². The molecule has 1 aromatic carbocycles. The smallest absolute Gasteiger partial charge is 0.237 e. The highest BCUT2D eigenvalue weighted by Gasteiger charge is 2.22. The minimum Gasteiger partial charge on any atom is -0.348 e. The third-order valence-corrected chi connectivity index (χ3v) is 3.34. The summed E-state index contributed by atoms with van der Waals surface area (Å²) in [7, 11) is 0. The molecule has 0 aliphatic rings. The van der Waals surface area contributed by atoms with Crippen LogP contribution in [0.4, 0.5) is 8.78 Å². The lowest BCUT2D eigenvalue weighted by atomic mass is 9.98. The molecule has 19 heavy (non-hydrogen) atoms. The van der Waals surface area contributed by atoms with Gasteiger partial charge in [0.05, 0.1) is 12.1 Å². The van der Waals surface area contributed by atoms with Crippen molar-refractivity contribution in [3.05, 3.63) is 35.4 Å². The Morgan fingerprint density at radius 1 is 1.37 bits per heavy atom. The Balaban J connectivity index is 2.76. The maximum atomic E-state index is 13.5. The van der Waals surface area contributed by atoms with E-state index in [-0.39, 0.29) is 17.4 Å². The summed E-state index contributed by atoms with van der Waals surface area (Å²) in [5.41, 5.74) is 5.90. The average Bonchev–Trinajstić information content (AvgIpc) is 2.39. The molecule has 3 unspecified atom stereocenters. The molecule has 0 bridgehead atoms. The molecule has 1 aromatic rings. The summed E-state index contributed by atoms with van der Waals surface area (Å²) in [5.74, 6) is -1.41. The third-order valence-electron chi connectivity index (χ3n) is 3.34. The number of amides is 1. The Bertz CT molecular complexity index is 451. The van der Waals surface area contributed by atoms with E-state index in [4.69, 9.17) is 5.73 Å². The van der Waals surface area contributed by atoms with Crippen LogP contribution >= 0.6 is 0 Å². The topological polar surface area (TPSA) is 55.1 Å². The highest BCUT2D eigenvalue weighted by atomic mass is 19.1. The van der Waals surface area contributed by atoms with E-state index >= 15 is 0 Å². The molecule has 106 valence electrons. The van der Waals surface area contributed by atoms with Gasteiger partial charge in [0.1, 0.15) is 11.6 Å². The summed E-state index contributed by atoms with van der Waals surface area (Å²) in [6.07, 6.45) is 0.775. The SMILES string of the molecule is CCC(C)C(N)C(=O)NC(C)c1cc(F)ccc1F. The van der Waals surface area contributed by atoms with E-state index in [9.17, 15) is 13.6 Å². The van der Waals surface area contributed by atoms with E-state index in [1.165, 1.54) is 0 Å². The summed E-state index contributed by atoms with van der Waals surface area (Å²) in [4.78, 5) is 11.9. The van der Waals surface area contributed by atoms with Crippen LogP contribution in [-0.4, -0.2) is 11.9 Å². The van der Waals surface area contributed by atoms with Crippen molar-refractivity contribution in [3.63, 3.8) is 0 Å². The van der Waals surface area contributed by atoms with Crippen molar-refractivity contribution < 1.29 is 13.6 Å². The highest BCUT2D eigenvalue weighted by Crippen LogP contribution is 2.18. The van der Waals surface area contributed by atoms with Crippen molar-refractivity contribution in [2.24, 2.45) is 11.7 Å². The van der Waals surface area contributed by atoms with Gasteiger partial charge in [0, 0.05) is 5.56 Å². The molecule has 3 atom stereocenters. The van der Waals surface area contributed by atoms with Gasteiger partial charge in [0.2, 0.25) is 5.91 Å². The average molecular weight is 270 g/mol. The van der Waals surface area contributed by atoms with Gasteiger partial charge in [-0.25, -0.2) is 8.78 Å². The van der Waals surface area contributed by atoms with Gasteiger partial charge in [-0.05, 0) is 31.0 Å². The van der Waals surface area contributed by atoms with Crippen molar-refractivity contribution in [3.8, 4) is 0 Å². The Morgan fingerprint density at radius 3 is 2.58 bits per heavy atom. The van der Waals surface area contributed by atoms with E-state index in [0.717, 1.165) is 24.6 Å². The number of halogens is 2. The van der Waals surface area contributed by atoms with Crippen LogP contribution in [-0.2, 0) is 4.79 Å². The van der Waals surface area contributed by atoms with Crippen molar-refractivity contribution in [2.45, 2.75) is 39.3 Å². The number of carbonyl (C=O) groups is 1. The minimum absolute atomic E-state index is 0.0320. The number of carbonyl (C=O) groups excluding carboxylic acids is 1. The lowest BCUT2D eigenvalue weighted by Crippen LogP contribution is -2.45. The highest BCUT2D eigenvalue weighted by molar-refractivity contribution is 5.82. The molecule has 0 fully saturated rings. The summed E-state index contributed by atoms with van der Waals surface area (Å²) in [5, 5.41) is 2.61. The molecule has 0 aliphatic heterocycles. The van der Waals surface area contributed by atoms with Gasteiger partial charge < -0.3 is 11.1 Å². The van der Waals surface area contributed by atoms with Crippen molar-refractivity contribution in [1.29, 1.82) is 0 Å². The Labute approximate surface area is 112 Å². The van der Waals surface area contributed by atoms with Crippen LogP contribution in [0.2, 0.25) is 0 Å². The molecule has 0 radical (unpaired) electrons. The van der Waals surface area contributed by atoms with Crippen molar-refractivity contribution >= 4 is 5.91 Å². The predicted octanol–water partition coefficient (Wildman–Crippen LogP) is 2.52. The van der Waals surface area contributed by atoms with Gasteiger partial charge in [-0.15, -0.1) is 0 Å². The van der Waals surface area contributed by atoms with Gasteiger partial charge >= 0.3 is 0 Å². The Morgan fingerprint density at radius 2 is 2.00 bits per heavy atom. The largest absolute Gasteiger partial charge is 0.348 e. The number of nitrogens with two attached hydrogens (primary N) is 1. The molecule has 1 amide bonds. The minimum atomic E-state index is -0.649. The molecular formula is C14H20F2N2O. The summed E-state index contributed by atoms with van der Waals surface area (Å²) >= 11 is 0. The quantitative estimate of drug-likeness (QED) is 0.863. The van der Waals surface area contributed by atoms with Gasteiger partial charge in [-0.1, -0.05) is 20.3 Å². The van der Waals surface area contributed by atoms with E-state index in [1.807, 2.05) is 13.8 Å². The Hall–Kier alpha value is -1.49. The number of hydrogen-bond donors (Lipinski definition) is 2. The number of nitrogens with one attached hydrogen (secondary N) is 1. The zero-order valence-corrected chi connectivity index (χ0v) is 11.4. The van der Waals surface area contributed by atoms with Gasteiger partial charge in [-0.3, -0.25) is 4.79 Å². The summed E-state index contributed by atoms with van der Waals surface area (Å²) in [6, 6.07) is 1.89. The zero-order chi connectivity index (χ0) is 14.6. The molecule has 0 spiro atoms. The maximum absolute atomic E-state index is 13.5. The van der Waals surface area contributed by atoms with Gasteiger partial charge in [0.25, 0.3) is 0 Å². The first-order valence-electron chi connectivity index (χ1n) is 6.37. The Kier molecular flexibility index (Phi) is 5.42. The summed E-state index contributed by atoms with van der Waals surface area (Å²) < 4.78 is 26.6. The number of benzene rings is 1. The molecule has 0 heterocycles. The van der Waals surface area contributed by atoms with Crippen molar-refractivity contribution in [1.82, 2.24) is 5.32 Å². The molecule has 0 aromatic heterocycles. The first-order chi connectivity index (χ1) is 8.86. The first kappa shape index (κ1) is 15.6. The molecule has 0 saturated heterocycles. The van der Waals surface area contributed by atoms with Crippen LogP contribution in [0.5, 0.6) is 0 Å². The van der Waals surface area contributed by atoms with Crippen LogP contribution in [0.15, 0.2) is 18.2 Å². The fourth-order valence-corrected chi connectivity index (χ4v) is 1.75. The summed E-state index contributed by atoms with van der Waals surface area (Å²) in [6.45, 7) is 5.41. The lowest BCUT2D eigenvalue weighted by molar-refractivity contribution is -0.124. The van der Waals surface area contributed by atoms with E-state index in [0.29, 0.717) is 0 Å². The molecular weight excluding hydrogens is 250 g/mol. The molecule has 3 N–H and O–H groups in total. The second-order valence-corrected chi connectivity index (χ2v) is 4.81. The standard InChI is InChI=1S/C14H20F2N2O/c1-4-8(2)13(17)14(19)18-9(3)11-7-10(15)5-6-12(11)16/h5-9,13H,4,17H2,1-3H3,(H,18,19). The maximum Gasteiger partial charge on any atom is 0.237 e. The monoisotopic (exact) mass is 270 g/mol. The zero-order valence-electron chi connectivity index (χ0n) is 11.4. The van der Waals surface area contributed by atoms with Crippen molar-refractivity contribution in [2.75, 3.05) is 0 Å². The fourth-order valence-electron chi connectivity index (χ4n) is 1.75. The van der Waals surface area contributed by atoms with Crippen LogP contribution in [0, 0.1) is 17.6 Å². The molecule has 1 rings (SSSR count).